The SMILES string of the molecule is CC(C)(C)[C@H]1CNC(=O)[C@@H]1C(=O)Nc1ccc(C(F)(F)F)cc1. The molecular weight excluding hydrogens is 309 g/mol. The van der Waals surface area contributed by atoms with Crippen molar-refractivity contribution in [3.63, 3.8) is 0 Å². The number of carbonyl (C=O) groups is 2. The number of benzene rings is 1. The van der Waals surface area contributed by atoms with Crippen LogP contribution in [0.3, 0.4) is 0 Å². The molecule has 0 aliphatic carbocycles. The van der Waals surface area contributed by atoms with Crippen molar-refractivity contribution in [3.05, 3.63) is 29.8 Å². The van der Waals surface area contributed by atoms with Gasteiger partial charge in [0.25, 0.3) is 0 Å². The van der Waals surface area contributed by atoms with E-state index in [0.717, 1.165) is 12.1 Å². The molecule has 2 N–H and O–H groups in total. The molecule has 1 heterocycles. The molecule has 2 amide bonds. The van der Waals surface area contributed by atoms with Crippen LogP contribution in [0.4, 0.5) is 18.9 Å². The van der Waals surface area contributed by atoms with Gasteiger partial charge in [-0.15, -0.1) is 0 Å². The van der Waals surface area contributed by atoms with Crippen LogP contribution in [-0.2, 0) is 15.8 Å². The summed E-state index contributed by atoms with van der Waals surface area (Å²) >= 11 is 0. The van der Waals surface area contributed by atoms with E-state index in [1.165, 1.54) is 12.1 Å². The van der Waals surface area contributed by atoms with Crippen molar-refractivity contribution in [3.8, 4) is 0 Å². The third kappa shape index (κ3) is 3.83. The first-order valence-corrected chi connectivity index (χ1v) is 7.26. The lowest BCUT2D eigenvalue weighted by Gasteiger charge is -2.29. The Kier molecular flexibility index (Phi) is 4.41. The Hall–Kier alpha value is -2.05. The van der Waals surface area contributed by atoms with E-state index in [-0.39, 0.29) is 22.9 Å². The van der Waals surface area contributed by atoms with Crippen LogP contribution in [0.2, 0.25) is 0 Å². The zero-order valence-electron chi connectivity index (χ0n) is 13.1. The number of hydrogen-bond donors (Lipinski definition) is 2. The lowest BCUT2D eigenvalue weighted by molar-refractivity contribution is -0.137. The minimum absolute atomic E-state index is 0.176. The summed E-state index contributed by atoms with van der Waals surface area (Å²) in [5, 5.41) is 5.20. The highest BCUT2D eigenvalue weighted by Crippen LogP contribution is 2.36. The molecule has 1 aliphatic heterocycles. The highest BCUT2D eigenvalue weighted by atomic mass is 19.4. The maximum Gasteiger partial charge on any atom is 0.416 e. The smallest absolute Gasteiger partial charge is 0.355 e. The third-order valence-electron chi connectivity index (χ3n) is 4.06. The quantitative estimate of drug-likeness (QED) is 0.820. The van der Waals surface area contributed by atoms with E-state index < -0.39 is 23.6 Å². The molecule has 0 radical (unpaired) electrons. The van der Waals surface area contributed by atoms with Crippen LogP contribution in [0.15, 0.2) is 24.3 Å². The van der Waals surface area contributed by atoms with Crippen molar-refractivity contribution >= 4 is 17.5 Å². The molecule has 7 heteroatoms. The zero-order valence-corrected chi connectivity index (χ0v) is 13.1. The van der Waals surface area contributed by atoms with Gasteiger partial charge in [0.2, 0.25) is 11.8 Å². The summed E-state index contributed by atoms with van der Waals surface area (Å²) in [6, 6.07) is 4.15. The normalized spacial score (nSPS) is 21.9. The number of nitrogens with one attached hydrogen (secondary N) is 2. The summed E-state index contributed by atoms with van der Waals surface area (Å²) in [6.45, 7) is 6.23. The fraction of sp³-hybridized carbons (Fsp3) is 0.500. The van der Waals surface area contributed by atoms with Gasteiger partial charge in [0, 0.05) is 18.2 Å². The van der Waals surface area contributed by atoms with Crippen molar-refractivity contribution in [2.75, 3.05) is 11.9 Å². The van der Waals surface area contributed by atoms with Gasteiger partial charge < -0.3 is 10.6 Å². The Morgan fingerprint density at radius 1 is 1.17 bits per heavy atom. The average Bonchev–Trinajstić information content (AvgIpc) is 2.80. The molecule has 23 heavy (non-hydrogen) atoms. The van der Waals surface area contributed by atoms with Gasteiger partial charge in [0.1, 0.15) is 5.92 Å². The zero-order chi connectivity index (χ0) is 17.4. The van der Waals surface area contributed by atoms with E-state index in [0.29, 0.717) is 6.54 Å². The minimum Gasteiger partial charge on any atom is -0.355 e. The molecule has 2 rings (SSSR count). The van der Waals surface area contributed by atoms with Crippen molar-refractivity contribution in [1.82, 2.24) is 5.32 Å². The molecule has 0 bridgehead atoms. The Morgan fingerprint density at radius 2 is 1.74 bits per heavy atom. The maximum absolute atomic E-state index is 12.5. The van der Waals surface area contributed by atoms with Gasteiger partial charge in [-0.2, -0.15) is 13.2 Å². The second kappa shape index (κ2) is 5.86. The van der Waals surface area contributed by atoms with Crippen molar-refractivity contribution in [1.29, 1.82) is 0 Å². The van der Waals surface area contributed by atoms with E-state index in [9.17, 15) is 22.8 Å². The van der Waals surface area contributed by atoms with Crippen molar-refractivity contribution in [2.24, 2.45) is 17.3 Å². The van der Waals surface area contributed by atoms with Gasteiger partial charge in [-0.05, 0) is 29.7 Å². The molecule has 0 unspecified atom stereocenters. The number of carbonyl (C=O) groups excluding carboxylic acids is 2. The van der Waals surface area contributed by atoms with Crippen LogP contribution in [-0.4, -0.2) is 18.4 Å². The molecule has 4 nitrogen and oxygen atoms in total. The predicted molar refractivity (Wildman–Crippen MR) is 79.5 cm³/mol. The Labute approximate surface area is 132 Å². The highest BCUT2D eigenvalue weighted by molar-refractivity contribution is 6.07. The maximum atomic E-state index is 12.5. The van der Waals surface area contributed by atoms with E-state index in [1.807, 2.05) is 20.8 Å². The van der Waals surface area contributed by atoms with Gasteiger partial charge in [-0.25, -0.2) is 0 Å². The Morgan fingerprint density at radius 3 is 2.22 bits per heavy atom. The molecule has 1 aromatic carbocycles. The third-order valence-corrected chi connectivity index (χ3v) is 4.06. The first kappa shape index (κ1) is 17.3. The number of anilines is 1. The molecule has 126 valence electrons. The van der Waals surface area contributed by atoms with Gasteiger partial charge in [0.15, 0.2) is 0 Å². The topological polar surface area (TPSA) is 58.2 Å². The summed E-state index contributed by atoms with van der Waals surface area (Å²) in [4.78, 5) is 24.3. The molecule has 1 aliphatic rings. The lowest BCUT2D eigenvalue weighted by Crippen LogP contribution is -2.37. The number of halogens is 3. The van der Waals surface area contributed by atoms with E-state index in [1.54, 1.807) is 0 Å². The monoisotopic (exact) mass is 328 g/mol. The second-order valence-electron chi connectivity index (χ2n) is 6.76. The fourth-order valence-corrected chi connectivity index (χ4v) is 2.69. The van der Waals surface area contributed by atoms with Crippen LogP contribution in [0, 0.1) is 17.3 Å². The molecule has 0 spiro atoms. The summed E-state index contributed by atoms with van der Waals surface area (Å²) in [5.74, 6) is -1.88. The van der Waals surface area contributed by atoms with Crippen molar-refractivity contribution in [2.45, 2.75) is 26.9 Å². The summed E-state index contributed by atoms with van der Waals surface area (Å²) in [5.41, 5.74) is -0.807. The first-order valence-electron chi connectivity index (χ1n) is 7.26. The second-order valence-corrected chi connectivity index (χ2v) is 6.76. The molecular formula is C16H19F3N2O2. The number of rotatable bonds is 2. The van der Waals surface area contributed by atoms with Crippen LogP contribution < -0.4 is 10.6 Å². The largest absolute Gasteiger partial charge is 0.416 e. The lowest BCUT2D eigenvalue weighted by atomic mass is 9.74. The van der Waals surface area contributed by atoms with Gasteiger partial charge in [0.05, 0.1) is 5.56 Å². The molecule has 0 aromatic heterocycles. The van der Waals surface area contributed by atoms with Crippen LogP contribution in [0.5, 0.6) is 0 Å². The number of hydrogen-bond acceptors (Lipinski definition) is 2. The highest BCUT2D eigenvalue weighted by Gasteiger charge is 2.45. The molecule has 1 aromatic rings. The Bertz CT molecular complexity index is 603. The van der Waals surface area contributed by atoms with Gasteiger partial charge in [-0.1, -0.05) is 20.8 Å². The van der Waals surface area contributed by atoms with E-state index >= 15 is 0 Å². The van der Waals surface area contributed by atoms with E-state index in [4.69, 9.17) is 0 Å². The van der Waals surface area contributed by atoms with E-state index in [2.05, 4.69) is 10.6 Å². The van der Waals surface area contributed by atoms with Crippen LogP contribution in [0.25, 0.3) is 0 Å². The average molecular weight is 328 g/mol. The standard InChI is InChI=1S/C16H19F3N2O2/c1-15(2,3)11-8-20-13(22)12(11)14(23)21-10-6-4-9(5-7-10)16(17,18)19/h4-7,11-12H,8H2,1-3H3,(H,20,22)(H,21,23)/t11-,12+/m0/s1. The Balaban J connectivity index is 2.13. The fourth-order valence-electron chi connectivity index (χ4n) is 2.69. The van der Waals surface area contributed by atoms with Crippen LogP contribution >= 0.6 is 0 Å². The van der Waals surface area contributed by atoms with Gasteiger partial charge in [-0.3, -0.25) is 9.59 Å². The molecule has 2 atom stereocenters. The van der Waals surface area contributed by atoms with Crippen LogP contribution in [0.1, 0.15) is 26.3 Å². The molecule has 1 fully saturated rings. The summed E-state index contributed by atoms with van der Waals surface area (Å²) in [6.07, 6.45) is -4.43. The predicted octanol–water partition coefficient (Wildman–Crippen LogP) is 3.05. The van der Waals surface area contributed by atoms with Crippen molar-refractivity contribution < 1.29 is 22.8 Å². The van der Waals surface area contributed by atoms with Gasteiger partial charge >= 0.3 is 6.18 Å². The molecule has 0 saturated carbocycles. The summed E-state index contributed by atoms with van der Waals surface area (Å²) in [7, 11) is 0. The number of alkyl halides is 3. The first-order chi connectivity index (χ1) is 10.5. The number of amides is 2. The summed E-state index contributed by atoms with van der Waals surface area (Å²) < 4.78 is 37.6. The minimum atomic E-state index is -4.43. The molecule has 1 saturated heterocycles.